The van der Waals surface area contributed by atoms with Crippen LogP contribution in [0.2, 0.25) is 8.67 Å². The number of Topliss-reactive ketones (excluding diaryl/α,β-unsaturated/α-hetero) is 1. The summed E-state index contributed by atoms with van der Waals surface area (Å²) in [7, 11) is 1.69. The van der Waals surface area contributed by atoms with Gasteiger partial charge in [-0.3, -0.25) is 18.8 Å². The van der Waals surface area contributed by atoms with Crippen LogP contribution in [0.1, 0.15) is 10.4 Å². The second-order valence-corrected chi connectivity index (χ2v) is 6.63. The van der Waals surface area contributed by atoms with Crippen LogP contribution in [-0.2, 0) is 13.6 Å². The zero-order valence-electron chi connectivity index (χ0n) is 10.7. The quantitative estimate of drug-likeness (QED) is 0.685. The standard InChI is InChI=1S/C12H8Cl2N4O2S/c1-17-11-7(3-16-17)12(20)18(5-15-11)4-8(19)6-2-9(13)21-10(6)14/h2-3,5H,4H2,1H3. The second-order valence-electron chi connectivity index (χ2n) is 4.34. The molecule has 3 aromatic rings. The van der Waals surface area contributed by atoms with Crippen molar-refractivity contribution in [2.45, 2.75) is 6.54 Å². The van der Waals surface area contributed by atoms with Crippen molar-refractivity contribution in [3.63, 3.8) is 0 Å². The fourth-order valence-electron chi connectivity index (χ4n) is 1.95. The highest BCUT2D eigenvalue weighted by atomic mass is 35.5. The molecule has 0 radical (unpaired) electrons. The molecule has 0 aliphatic heterocycles. The number of aryl methyl sites for hydroxylation is 1. The minimum Gasteiger partial charge on any atom is -0.292 e. The van der Waals surface area contributed by atoms with Gasteiger partial charge in [-0.25, -0.2) is 4.98 Å². The lowest BCUT2D eigenvalue weighted by Gasteiger charge is -2.04. The molecule has 0 spiro atoms. The fourth-order valence-corrected chi connectivity index (χ4v) is 3.45. The van der Waals surface area contributed by atoms with E-state index in [1.54, 1.807) is 7.05 Å². The van der Waals surface area contributed by atoms with E-state index >= 15 is 0 Å². The molecule has 3 heterocycles. The average molecular weight is 343 g/mol. The first kappa shape index (κ1) is 14.2. The molecule has 0 aliphatic carbocycles. The lowest BCUT2D eigenvalue weighted by Crippen LogP contribution is -2.24. The van der Waals surface area contributed by atoms with Gasteiger partial charge in [0.25, 0.3) is 5.56 Å². The maximum atomic E-state index is 12.3. The van der Waals surface area contributed by atoms with Gasteiger partial charge < -0.3 is 0 Å². The molecule has 0 atom stereocenters. The van der Waals surface area contributed by atoms with E-state index in [0.29, 0.717) is 25.3 Å². The summed E-state index contributed by atoms with van der Waals surface area (Å²) in [6, 6.07) is 1.50. The molecule has 0 aliphatic rings. The maximum Gasteiger partial charge on any atom is 0.264 e. The minimum atomic E-state index is -0.320. The molecule has 0 saturated carbocycles. The van der Waals surface area contributed by atoms with E-state index in [4.69, 9.17) is 23.2 Å². The number of rotatable bonds is 3. The normalized spacial score (nSPS) is 11.2. The van der Waals surface area contributed by atoms with Gasteiger partial charge >= 0.3 is 0 Å². The Labute approximate surface area is 132 Å². The zero-order valence-corrected chi connectivity index (χ0v) is 13.0. The van der Waals surface area contributed by atoms with Crippen molar-refractivity contribution >= 4 is 51.4 Å². The van der Waals surface area contributed by atoms with Gasteiger partial charge in [0, 0.05) is 7.05 Å². The molecule has 3 aromatic heterocycles. The molecule has 21 heavy (non-hydrogen) atoms. The predicted molar refractivity (Wildman–Crippen MR) is 81.4 cm³/mol. The van der Waals surface area contributed by atoms with Crippen LogP contribution in [0.3, 0.4) is 0 Å². The smallest absolute Gasteiger partial charge is 0.264 e. The molecule has 0 unspecified atom stereocenters. The number of hydrogen-bond donors (Lipinski definition) is 0. The summed E-state index contributed by atoms with van der Waals surface area (Å²) in [4.78, 5) is 28.6. The molecule has 0 amide bonds. The molecule has 0 N–H and O–H groups in total. The third-order valence-electron chi connectivity index (χ3n) is 2.99. The van der Waals surface area contributed by atoms with Crippen LogP contribution in [0.25, 0.3) is 11.0 Å². The van der Waals surface area contributed by atoms with Gasteiger partial charge in [0.2, 0.25) is 0 Å². The van der Waals surface area contributed by atoms with E-state index in [1.807, 2.05) is 0 Å². The van der Waals surface area contributed by atoms with Crippen LogP contribution in [0.4, 0.5) is 0 Å². The van der Waals surface area contributed by atoms with Crippen LogP contribution in [0, 0.1) is 0 Å². The Morgan fingerprint density at radius 2 is 2.19 bits per heavy atom. The van der Waals surface area contributed by atoms with Gasteiger partial charge in [-0.2, -0.15) is 5.10 Å². The molecule has 0 saturated heterocycles. The van der Waals surface area contributed by atoms with Crippen molar-refractivity contribution in [1.29, 1.82) is 0 Å². The van der Waals surface area contributed by atoms with Crippen molar-refractivity contribution in [3.8, 4) is 0 Å². The number of halogens is 2. The van der Waals surface area contributed by atoms with E-state index in [0.717, 1.165) is 11.3 Å². The number of fused-ring (bicyclic) bond motifs is 1. The van der Waals surface area contributed by atoms with Crippen molar-refractivity contribution in [2.75, 3.05) is 0 Å². The highest BCUT2D eigenvalue weighted by Crippen LogP contribution is 2.31. The molecular weight excluding hydrogens is 335 g/mol. The number of ketones is 1. The van der Waals surface area contributed by atoms with E-state index < -0.39 is 0 Å². The van der Waals surface area contributed by atoms with Gasteiger partial charge in [-0.15, -0.1) is 11.3 Å². The van der Waals surface area contributed by atoms with Crippen molar-refractivity contribution in [2.24, 2.45) is 7.05 Å². The molecule has 0 aromatic carbocycles. The van der Waals surface area contributed by atoms with Crippen molar-refractivity contribution < 1.29 is 4.79 Å². The molecule has 108 valence electrons. The summed E-state index contributed by atoms with van der Waals surface area (Å²) >= 11 is 12.9. The van der Waals surface area contributed by atoms with Crippen LogP contribution in [0.15, 0.2) is 23.4 Å². The summed E-state index contributed by atoms with van der Waals surface area (Å²) in [6.07, 6.45) is 2.76. The average Bonchev–Trinajstić information content (AvgIpc) is 2.96. The number of hydrogen-bond acceptors (Lipinski definition) is 5. The minimum absolute atomic E-state index is 0.149. The number of carbonyl (C=O) groups is 1. The van der Waals surface area contributed by atoms with Crippen LogP contribution < -0.4 is 5.56 Å². The molecule has 3 rings (SSSR count). The Morgan fingerprint density at radius 1 is 1.43 bits per heavy atom. The molecule has 9 heteroatoms. The second kappa shape index (κ2) is 5.25. The first-order valence-electron chi connectivity index (χ1n) is 5.82. The predicted octanol–water partition coefficient (Wildman–Crippen LogP) is 2.38. The van der Waals surface area contributed by atoms with Crippen molar-refractivity contribution in [1.82, 2.24) is 19.3 Å². The summed E-state index contributed by atoms with van der Waals surface area (Å²) in [5.41, 5.74) is 0.462. The van der Waals surface area contributed by atoms with Crippen LogP contribution in [-0.4, -0.2) is 25.1 Å². The number of nitrogens with zero attached hydrogens (tertiary/aromatic N) is 4. The monoisotopic (exact) mass is 342 g/mol. The van der Waals surface area contributed by atoms with Gasteiger partial charge in [-0.05, 0) is 6.07 Å². The maximum absolute atomic E-state index is 12.3. The Balaban J connectivity index is 1.98. The largest absolute Gasteiger partial charge is 0.292 e. The van der Waals surface area contributed by atoms with E-state index in [9.17, 15) is 9.59 Å². The van der Waals surface area contributed by atoms with E-state index in [1.165, 1.54) is 27.8 Å². The Kier molecular flexibility index (Phi) is 3.56. The van der Waals surface area contributed by atoms with E-state index in [-0.39, 0.29) is 17.9 Å². The number of aromatic nitrogens is 4. The zero-order chi connectivity index (χ0) is 15.1. The van der Waals surface area contributed by atoms with Crippen molar-refractivity contribution in [3.05, 3.63) is 43.2 Å². The third kappa shape index (κ3) is 2.48. The molecule has 6 nitrogen and oxygen atoms in total. The summed E-state index contributed by atoms with van der Waals surface area (Å²) in [5, 5.41) is 4.33. The lowest BCUT2D eigenvalue weighted by atomic mass is 10.2. The first-order chi connectivity index (χ1) is 9.97. The summed E-state index contributed by atoms with van der Waals surface area (Å²) in [6.45, 7) is -0.149. The Bertz CT molecular complexity index is 912. The summed E-state index contributed by atoms with van der Waals surface area (Å²) in [5.74, 6) is -0.296. The SMILES string of the molecule is Cn1ncc2c(=O)n(CC(=O)c3cc(Cl)sc3Cl)cnc21. The molecule has 0 fully saturated rings. The van der Waals surface area contributed by atoms with Gasteiger partial charge in [-0.1, -0.05) is 23.2 Å². The highest BCUT2D eigenvalue weighted by molar-refractivity contribution is 7.20. The summed E-state index contributed by atoms with van der Waals surface area (Å²) < 4.78 is 3.47. The highest BCUT2D eigenvalue weighted by Gasteiger charge is 2.16. The molecular formula is C12H8Cl2N4O2S. The number of carbonyl (C=O) groups excluding carboxylic acids is 1. The fraction of sp³-hybridized carbons (Fsp3) is 0.167. The first-order valence-corrected chi connectivity index (χ1v) is 7.40. The Hall–Kier alpha value is -1.70. The van der Waals surface area contributed by atoms with E-state index in [2.05, 4.69) is 10.1 Å². The van der Waals surface area contributed by atoms with Gasteiger partial charge in [0.15, 0.2) is 11.4 Å². The van der Waals surface area contributed by atoms with Crippen LogP contribution in [0.5, 0.6) is 0 Å². The van der Waals surface area contributed by atoms with Crippen LogP contribution >= 0.6 is 34.5 Å². The molecule has 0 bridgehead atoms. The third-order valence-corrected chi connectivity index (χ3v) is 4.48. The number of thiophene rings is 1. The lowest BCUT2D eigenvalue weighted by molar-refractivity contribution is 0.0971. The van der Waals surface area contributed by atoms with Gasteiger partial charge in [0.1, 0.15) is 16.0 Å². The van der Waals surface area contributed by atoms with Gasteiger partial charge in [0.05, 0.1) is 22.6 Å². The topological polar surface area (TPSA) is 69.8 Å². The Morgan fingerprint density at radius 3 is 2.86 bits per heavy atom.